The van der Waals surface area contributed by atoms with Crippen LogP contribution >= 0.6 is 22.9 Å². The number of nitrogens with zero attached hydrogens (tertiary/aromatic N) is 1. The first-order valence-electron chi connectivity index (χ1n) is 5.28. The zero-order valence-electron chi connectivity index (χ0n) is 9.34. The Morgan fingerprint density at radius 1 is 1.47 bits per heavy atom. The summed E-state index contributed by atoms with van der Waals surface area (Å²) in [5.74, 6) is -0.286. The van der Waals surface area contributed by atoms with E-state index in [2.05, 4.69) is 4.98 Å². The summed E-state index contributed by atoms with van der Waals surface area (Å²) in [6, 6.07) is 4.72. The molecule has 2 aromatic rings. The first kappa shape index (κ1) is 12.3. The Kier molecular flexibility index (Phi) is 3.64. The summed E-state index contributed by atoms with van der Waals surface area (Å²) >= 11 is 7.13. The van der Waals surface area contributed by atoms with Gasteiger partial charge in [0.1, 0.15) is 5.82 Å². The Bertz CT molecular complexity index is 539. The molecule has 0 atom stereocenters. The van der Waals surface area contributed by atoms with Crippen molar-refractivity contribution < 1.29 is 4.39 Å². The first-order valence-corrected chi connectivity index (χ1v) is 6.47. The molecular weight excluding hydrogens is 259 g/mol. The van der Waals surface area contributed by atoms with Crippen LogP contribution in [0.4, 0.5) is 9.52 Å². The lowest BCUT2D eigenvalue weighted by Gasteiger charge is -2.03. The quantitative estimate of drug-likeness (QED) is 0.924. The van der Waals surface area contributed by atoms with Crippen LogP contribution in [0.5, 0.6) is 0 Å². The minimum atomic E-state index is -0.286. The molecule has 2 nitrogen and oxygen atoms in total. The number of nitrogens with two attached hydrogens (primary N) is 1. The highest BCUT2D eigenvalue weighted by Crippen LogP contribution is 2.25. The van der Waals surface area contributed by atoms with E-state index in [0.29, 0.717) is 22.1 Å². The molecule has 1 aromatic carbocycles. The molecule has 0 aliphatic heterocycles. The van der Waals surface area contributed by atoms with Crippen LogP contribution in [0.25, 0.3) is 0 Å². The smallest absolute Gasteiger partial charge is 0.180 e. The van der Waals surface area contributed by atoms with Crippen molar-refractivity contribution in [3.05, 3.63) is 45.2 Å². The fraction of sp³-hybridized carbons (Fsp3) is 0.250. The molecule has 0 radical (unpaired) electrons. The highest BCUT2D eigenvalue weighted by Gasteiger charge is 2.11. The van der Waals surface area contributed by atoms with E-state index in [1.807, 2.05) is 6.92 Å². The van der Waals surface area contributed by atoms with Crippen LogP contribution in [0.1, 0.15) is 23.1 Å². The SMILES string of the molecule is CCc1nc(N)sc1Cc1ccc(Cl)cc1F. The summed E-state index contributed by atoms with van der Waals surface area (Å²) in [7, 11) is 0. The van der Waals surface area contributed by atoms with Crippen molar-refractivity contribution >= 4 is 28.1 Å². The number of hydrogen-bond acceptors (Lipinski definition) is 3. The van der Waals surface area contributed by atoms with Gasteiger partial charge >= 0.3 is 0 Å². The normalized spacial score (nSPS) is 10.8. The molecule has 1 aromatic heterocycles. The van der Waals surface area contributed by atoms with Gasteiger partial charge in [-0.3, -0.25) is 0 Å². The van der Waals surface area contributed by atoms with Gasteiger partial charge in [0.2, 0.25) is 0 Å². The van der Waals surface area contributed by atoms with Gasteiger partial charge in [-0.25, -0.2) is 9.37 Å². The number of rotatable bonds is 3. The van der Waals surface area contributed by atoms with E-state index in [1.54, 1.807) is 12.1 Å². The number of benzene rings is 1. The number of hydrogen-bond donors (Lipinski definition) is 1. The summed E-state index contributed by atoms with van der Waals surface area (Å²) in [5, 5.41) is 0.942. The molecule has 0 unspecified atom stereocenters. The van der Waals surface area contributed by atoms with Crippen molar-refractivity contribution in [3.8, 4) is 0 Å². The molecule has 2 rings (SSSR count). The highest BCUT2D eigenvalue weighted by molar-refractivity contribution is 7.15. The van der Waals surface area contributed by atoms with E-state index in [1.165, 1.54) is 17.4 Å². The average molecular weight is 271 g/mol. The minimum absolute atomic E-state index is 0.286. The molecule has 0 aliphatic carbocycles. The monoisotopic (exact) mass is 270 g/mol. The molecule has 0 amide bonds. The van der Waals surface area contributed by atoms with Crippen molar-refractivity contribution in [1.29, 1.82) is 0 Å². The predicted molar refractivity (Wildman–Crippen MR) is 70.1 cm³/mol. The van der Waals surface area contributed by atoms with Crippen LogP contribution in [0.3, 0.4) is 0 Å². The summed E-state index contributed by atoms with van der Waals surface area (Å²) in [6.07, 6.45) is 1.32. The van der Waals surface area contributed by atoms with Crippen molar-refractivity contribution in [1.82, 2.24) is 4.98 Å². The second-order valence-electron chi connectivity index (χ2n) is 3.69. The van der Waals surface area contributed by atoms with Crippen LogP contribution in [0.2, 0.25) is 5.02 Å². The molecule has 0 bridgehead atoms. The van der Waals surface area contributed by atoms with E-state index in [4.69, 9.17) is 17.3 Å². The Balaban J connectivity index is 2.30. The van der Waals surface area contributed by atoms with Gasteiger partial charge in [-0.05, 0) is 24.1 Å². The summed E-state index contributed by atoms with van der Waals surface area (Å²) in [4.78, 5) is 5.24. The lowest BCUT2D eigenvalue weighted by atomic mass is 10.1. The van der Waals surface area contributed by atoms with E-state index in [0.717, 1.165) is 17.0 Å². The third-order valence-corrected chi connectivity index (χ3v) is 3.66. The Morgan fingerprint density at radius 3 is 2.88 bits per heavy atom. The first-order chi connectivity index (χ1) is 8.10. The fourth-order valence-electron chi connectivity index (χ4n) is 1.66. The van der Waals surface area contributed by atoms with E-state index >= 15 is 0 Å². The third kappa shape index (κ3) is 2.76. The van der Waals surface area contributed by atoms with Crippen molar-refractivity contribution in [3.63, 3.8) is 0 Å². The fourth-order valence-corrected chi connectivity index (χ4v) is 2.76. The molecule has 90 valence electrons. The zero-order valence-corrected chi connectivity index (χ0v) is 10.9. The molecule has 5 heteroatoms. The number of thiazole rings is 1. The van der Waals surface area contributed by atoms with Crippen LogP contribution < -0.4 is 5.73 Å². The average Bonchev–Trinajstić information content (AvgIpc) is 2.63. The zero-order chi connectivity index (χ0) is 12.4. The molecule has 0 saturated heterocycles. The van der Waals surface area contributed by atoms with Crippen LogP contribution in [0.15, 0.2) is 18.2 Å². The van der Waals surface area contributed by atoms with E-state index < -0.39 is 0 Å². The maximum atomic E-state index is 13.6. The minimum Gasteiger partial charge on any atom is -0.375 e. The standard InChI is InChI=1S/C12H12ClFN2S/c1-2-10-11(17-12(15)16-10)5-7-3-4-8(13)6-9(7)14/h3-4,6H,2,5H2,1H3,(H2,15,16). The predicted octanol–water partition coefficient (Wildman–Crippen LogP) is 3.67. The van der Waals surface area contributed by atoms with Gasteiger partial charge in [-0.1, -0.05) is 24.6 Å². The van der Waals surface area contributed by atoms with Gasteiger partial charge in [0.25, 0.3) is 0 Å². The Hall–Kier alpha value is -1.13. The number of aromatic nitrogens is 1. The number of halogens is 2. The lowest BCUT2D eigenvalue weighted by Crippen LogP contribution is -1.94. The summed E-state index contributed by atoms with van der Waals surface area (Å²) in [5.41, 5.74) is 7.23. The number of nitrogen functional groups attached to an aromatic ring is 1. The Labute approximate surface area is 108 Å². The van der Waals surface area contributed by atoms with Gasteiger partial charge in [0, 0.05) is 16.3 Å². The molecule has 2 N–H and O–H groups in total. The van der Waals surface area contributed by atoms with Crippen molar-refractivity contribution in [2.24, 2.45) is 0 Å². The maximum absolute atomic E-state index is 13.6. The molecule has 0 aliphatic rings. The molecule has 1 heterocycles. The molecule has 0 spiro atoms. The van der Waals surface area contributed by atoms with Gasteiger partial charge in [-0.15, -0.1) is 11.3 Å². The Morgan fingerprint density at radius 2 is 2.24 bits per heavy atom. The topological polar surface area (TPSA) is 38.9 Å². The van der Waals surface area contributed by atoms with Crippen molar-refractivity contribution in [2.75, 3.05) is 5.73 Å². The second-order valence-corrected chi connectivity index (χ2v) is 5.24. The third-order valence-electron chi connectivity index (χ3n) is 2.50. The van der Waals surface area contributed by atoms with Gasteiger partial charge < -0.3 is 5.73 Å². The number of anilines is 1. The second kappa shape index (κ2) is 5.02. The van der Waals surface area contributed by atoms with E-state index in [-0.39, 0.29) is 5.82 Å². The lowest BCUT2D eigenvalue weighted by molar-refractivity contribution is 0.614. The molecule has 0 saturated carbocycles. The summed E-state index contributed by atoms with van der Waals surface area (Å²) < 4.78 is 13.6. The van der Waals surface area contributed by atoms with Gasteiger partial charge in [0.15, 0.2) is 5.13 Å². The van der Waals surface area contributed by atoms with Crippen LogP contribution in [-0.2, 0) is 12.8 Å². The maximum Gasteiger partial charge on any atom is 0.180 e. The molecule has 17 heavy (non-hydrogen) atoms. The van der Waals surface area contributed by atoms with Gasteiger partial charge in [0.05, 0.1) is 5.69 Å². The number of aryl methyl sites for hydroxylation is 1. The largest absolute Gasteiger partial charge is 0.375 e. The van der Waals surface area contributed by atoms with Gasteiger partial charge in [-0.2, -0.15) is 0 Å². The van der Waals surface area contributed by atoms with Crippen molar-refractivity contribution in [2.45, 2.75) is 19.8 Å². The van der Waals surface area contributed by atoms with Crippen LogP contribution in [0, 0.1) is 5.82 Å². The van der Waals surface area contributed by atoms with Crippen LogP contribution in [-0.4, -0.2) is 4.98 Å². The molecular formula is C12H12ClFN2S. The van der Waals surface area contributed by atoms with E-state index in [9.17, 15) is 4.39 Å². The summed E-state index contributed by atoms with van der Waals surface area (Å²) in [6.45, 7) is 2.01. The highest BCUT2D eigenvalue weighted by atomic mass is 35.5. The molecule has 0 fully saturated rings.